The predicted octanol–water partition coefficient (Wildman–Crippen LogP) is 2.60. The third-order valence-corrected chi connectivity index (χ3v) is 6.74. The quantitative estimate of drug-likeness (QED) is 0.436. The number of imide groups is 1. The van der Waals surface area contributed by atoms with Crippen molar-refractivity contribution >= 4 is 27.5 Å². The maximum atomic E-state index is 13.3. The van der Waals surface area contributed by atoms with Crippen LogP contribution in [0.5, 0.6) is 11.5 Å². The van der Waals surface area contributed by atoms with Crippen LogP contribution in [0.1, 0.15) is 13.3 Å². The first-order chi connectivity index (χ1) is 14.8. The molecular formula is C22H24N2O6S. The van der Waals surface area contributed by atoms with Crippen molar-refractivity contribution in [1.29, 1.82) is 0 Å². The highest BCUT2D eigenvalue weighted by atomic mass is 32.2. The molecule has 2 aromatic carbocycles. The van der Waals surface area contributed by atoms with Crippen LogP contribution in [0.2, 0.25) is 0 Å². The van der Waals surface area contributed by atoms with Crippen molar-refractivity contribution in [3.05, 3.63) is 61.2 Å². The van der Waals surface area contributed by atoms with E-state index < -0.39 is 27.9 Å². The Morgan fingerprint density at radius 2 is 1.71 bits per heavy atom. The number of ether oxygens (including phenoxy) is 2. The second kappa shape index (κ2) is 9.32. The average molecular weight is 445 g/mol. The number of benzene rings is 2. The monoisotopic (exact) mass is 444 g/mol. The Morgan fingerprint density at radius 3 is 2.26 bits per heavy atom. The van der Waals surface area contributed by atoms with Gasteiger partial charge in [-0.25, -0.2) is 13.3 Å². The lowest BCUT2D eigenvalue weighted by Gasteiger charge is -2.25. The Balaban J connectivity index is 1.91. The largest absolute Gasteiger partial charge is 0.497 e. The molecule has 0 spiro atoms. The summed E-state index contributed by atoms with van der Waals surface area (Å²) in [7, 11) is -2.58. The molecule has 0 aromatic heterocycles. The Labute approximate surface area is 181 Å². The lowest BCUT2D eigenvalue weighted by atomic mass is 10.2. The highest BCUT2D eigenvalue weighted by molar-refractivity contribution is 7.89. The van der Waals surface area contributed by atoms with E-state index in [1.54, 1.807) is 24.3 Å². The van der Waals surface area contributed by atoms with Gasteiger partial charge in [0, 0.05) is 6.54 Å². The summed E-state index contributed by atoms with van der Waals surface area (Å²) < 4.78 is 38.0. The van der Waals surface area contributed by atoms with Gasteiger partial charge in [-0.15, -0.1) is 6.58 Å². The molecule has 0 N–H and O–H groups in total. The molecule has 8 nitrogen and oxygen atoms in total. The summed E-state index contributed by atoms with van der Waals surface area (Å²) in [4.78, 5) is 26.8. The standard InChI is InChI=1S/C22H24N2O6S/c1-4-14-23(31(27,28)19-12-10-17(29-3)11-13-19)20-15-21(25)24(22(20)26)16-6-8-18(9-7-16)30-5-2/h4,6-13,20H,1,5,14-15H2,2-3H3. The Hall–Kier alpha value is -3.17. The molecular weight excluding hydrogens is 420 g/mol. The van der Waals surface area contributed by atoms with Gasteiger partial charge < -0.3 is 9.47 Å². The van der Waals surface area contributed by atoms with E-state index in [9.17, 15) is 18.0 Å². The first-order valence-electron chi connectivity index (χ1n) is 9.70. The van der Waals surface area contributed by atoms with Crippen LogP contribution >= 0.6 is 0 Å². The molecule has 1 fully saturated rings. The molecule has 1 saturated heterocycles. The topological polar surface area (TPSA) is 93.2 Å². The van der Waals surface area contributed by atoms with E-state index in [2.05, 4.69) is 6.58 Å². The highest BCUT2D eigenvalue weighted by Gasteiger charge is 2.46. The van der Waals surface area contributed by atoms with Gasteiger partial charge in [-0.2, -0.15) is 4.31 Å². The van der Waals surface area contributed by atoms with Crippen LogP contribution in [0.3, 0.4) is 0 Å². The smallest absolute Gasteiger partial charge is 0.252 e. The Morgan fingerprint density at radius 1 is 1.10 bits per heavy atom. The minimum absolute atomic E-state index is 0.00471. The molecule has 1 unspecified atom stereocenters. The molecule has 2 amide bonds. The number of sulfonamides is 1. The summed E-state index contributed by atoms with van der Waals surface area (Å²) in [6.45, 7) is 5.83. The van der Waals surface area contributed by atoms with Gasteiger partial charge in [0.25, 0.3) is 5.91 Å². The Kier molecular flexibility index (Phi) is 6.77. The van der Waals surface area contributed by atoms with Crippen LogP contribution in [0.15, 0.2) is 66.1 Å². The van der Waals surface area contributed by atoms with Crippen molar-refractivity contribution in [3.8, 4) is 11.5 Å². The number of nitrogens with zero attached hydrogens (tertiary/aromatic N) is 2. The number of anilines is 1. The number of methoxy groups -OCH3 is 1. The number of amides is 2. The number of carbonyl (C=O) groups excluding carboxylic acids is 2. The highest BCUT2D eigenvalue weighted by Crippen LogP contribution is 2.30. The van der Waals surface area contributed by atoms with Gasteiger partial charge in [-0.05, 0) is 55.5 Å². The number of rotatable bonds is 9. The SMILES string of the molecule is C=CCN(C1CC(=O)N(c2ccc(OCC)cc2)C1=O)S(=O)(=O)c1ccc(OC)cc1. The zero-order valence-electron chi connectivity index (χ0n) is 17.4. The van der Waals surface area contributed by atoms with E-state index in [0.717, 1.165) is 9.21 Å². The number of hydrogen-bond donors (Lipinski definition) is 0. The fourth-order valence-corrected chi connectivity index (χ4v) is 4.93. The fourth-order valence-electron chi connectivity index (χ4n) is 3.37. The van der Waals surface area contributed by atoms with E-state index >= 15 is 0 Å². The van der Waals surface area contributed by atoms with Gasteiger partial charge >= 0.3 is 0 Å². The van der Waals surface area contributed by atoms with E-state index in [4.69, 9.17) is 9.47 Å². The van der Waals surface area contributed by atoms with Crippen LogP contribution in [0.25, 0.3) is 0 Å². The second-order valence-corrected chi connectivity index (χ2v) is 8.64. The maximum absolute atomic E-state index is 13.3. The summed E-state index contributed by atoms with van der Waals surface area (Å²) in [5.41, 5.74) is 0.362. The molecule has 1 aliphatic heterocycles. The van der Waals surface area contributed by atoms with Gasteiger partial charge in [-0.3, -0.25) is 9.59 Å². The van der Waals surface area contributed by atoms with Gasteiger partial charge in [0.1, 0.15) is 17.5 Å². The van der Waals surface area contributed by atoms with Crippen LogP contribution in [0, 0.1) is 0 Å². The second-order valence-electron chi connectivity index (χ2n) is 6.75. The normalized spacial score (nSPS) is 16.6. The van der Waals surface area contributed by atoms with E-state index in [1.807, 2.05) is 6.92 Å². The molecule has 1 heterocycles. The minimum atomic E-state index is -4.06. The van der Waals surface area contributed by atoms with E-state index in [0.29, 0.717) is 23.8 Å². The van der Waals surface area contributed by atoms with Crippen molar-refractivity contribution in [2.24, 2.45) is 0 Å². The maximum Gasteiger partial charge on any atom is 0.252 e. The summed E-state index contributed by atoms with van der Waals surface area (Å²) in [5.74, 6) is 0.0338. The molecule has 1 atom stereocenters. The van der Waals surface area contributed by atoms with E-state index in [-0.39, 0.29) is 17.9 Å². The lowest BCUT2D eigenvalue weighted by molar-refractivity contribution is -0.122. The molecule has 3 rings (SSSR count). The molecule has 9 heteroatoms. The summed E-state index contributed by atoms with van der Waals surface area (Å²) >= 11 is 0. The molecule has 0 radical (unpaired) electrons. The summed E-state index contributed by atoms with van der Waals surface area (Å²) in [6, 6.07) is 11.2. The van der Waals surface area contributed by atoms with Crippen LogP contribution in [0.4, 0.5) is 5.69 Å². The lowest BCUT2D eigenvalue weighted by Crippen LogP contribution is -2.45. The van der Waals surface area contributed by atoms with Gasteiger partial charge in [0.05, 0.1) is 30.7 Å². The van der Waals surface area contributed by atoms with Crippen LogP contribution < -0.4 is 14.4 Å². The van der Waals surface area contributed by atoms with Crippen LogP contribution in [-0.4, -0.2) is 50.8 Å². The molecule has 0 aliphatic carbocycles. The first kappa shape index (κ1) is 22.5. The van der Waals surface area contributed by atoms with Gasteiger partial charge in [0.15, 0.2) is 0 Å². The predicted molar refractivity (Wildman–Crippen MR) is 116 cm³/mol. The van der Waals surface area contributed by atoms with Gasteiger partial charge in [-0.1, -0.05) is 6.08 Å². The zero-order valence-corrected chi connectivity index (χ0v) is 18.2. The summed E-state index contributed by atoms with van der Waals surface area (Å²) in [6.07, 6.45) is 1.13. The molecule has 0 saturated carbocycles. The van der Waals surface area contributed by atoms with Crippen molar-refractivity contribution in [2.45, 2.75) is 24.3 Å². The van der Waals surface area contributed by atoms with E-state index in [1.165, 1.54) is 37.5 Å². The van der Waals surface area contributed by atoms with Crippen molar-refractivity contribution in [2.75, 3.05) is 25.2 Å². The van der Waals surface area contributed by atoms with Gasteiger partial charge in [0.2, 0.25) is 15.9 Å². The minimum Gasteiger partial charge on any atom is -0.497 e. The summed E-state index contributed by atoms with van der Waals surface area (Å²) in [5, 5.41) is 0. The third-order valence-electron chi connectivity index (χ3n) is 4.85. The molecule has 164 valence electrons. The zero-order chi connectivity index (χ0) is 22.6. The molecule has 1 aliphatic rings. The molecule has 2 aromatic rings. The fraction of sp³-hybridized carbons (Fsp3) is 0.273. The van der Waals surface area contributed by atoms with Crippen molar-refractivity contribution < 1.29 is 27.5 Å². The molecule has 31 heavy (non-hydrogen) atoms. The average Bonchev–Trinajstić information content (AvgIpc) is 3.06. The first-order valence-corrected chi connectivity index (χ1v) is 11.1. The van der Waals surface area contributed by atoms with Crippen molar-refractivity contribution in [3.63, 3.8) is 0 Å². The van der Waals surface area contributed by atoms with Crippen molar-refractivity contribution in [1.82, 2.24) is 4.31 Å². The Bertz CT molecular complexity index is 1060. The number of hydrogen-bond acceptors (Lipinski definition) is 6. The third kappa shape index (κ3) is 4.47. The number of carbonyl (C=O) groups is 2. The molecule has 0 bridgehead atoms. The van der Waals surface area contributed by atoms with Crippen LogP contribution in [-0.2, 0) is 19.6 Å².